The summed E-state index contributed by atoms with van der Waals surface area (Å²) in [6.45, 7) is 2.72. The number of fused-ring (bicyclic) bond motifs is 1. The van der Waals surface area contributed by atoms with Crippen molar-refractivity contribution in [3.8, 4) is 0 Å². The van der Waals surface area contributed by atoms with Gasteiger partial charge in [-0.2, -0.15) is 0 Å². The molecule has 1 aromatic heterocycles. The molecule has 2 heterocycles. The average Bonchev–Trinajstić information content (AvgIpc) is 2.04. The van der Waals surface area contributed by atoms with E-state index >= 15 is 0 Å². The Bertz CT molecular complexity index is 299. The van der Waals surface area contributed by atoms with Crippen LogP contribution in [0.5, 0.6) is 0 Å². The third kappa shape index (κ3) is 1.20. The van der Waals surface area contributed by atoms with Crippen molar-refractivity contribution in [3.05, 3.63) is 29.3 Å². The SMILES string of the molecule is CC1Cc2cncc(F)c2CN1. The Morgan fingerprint density at radius 3 is 3.25 bits per heavy atom. The van der Waals surface area contributed by atoms with Crippen molar-refractivity contribution in [2.45, 2.75) is 25.9 Å². The zero-order valence-corrected chi connectivity index (χ0v) is 6.97. The molecule has 0 bridgehead atoms. The number of pyridine rings is 1. The number of aromatic nitrogens is 1. The standard InChI is InChI=1S/C9H11FN2/c1-6-2-7-3-11-5-9(10)8(7)4-12-6/h3,5-6,12H,2,4H2,1H3. The fourth-order valence-corrected chi connectivity index (χ4v) is 1.55. The van der Waals surface area contributed by atoms with Crippen LogP contribution in [0.3, 0.4) is 0 Å². The summed E-state index contributed by atoms with van der Waals surface area (Å²) in [5.74, 6) is -0.188. The van der Waals surface area contributed by atoms with Crippen LogP contribution < -0.4 is 5.32 Å². The van der Waals surface area contributed by atoms with Gasteiger partial charge in [-0.25, -0.2) is 4.39 Å². The van der Waals surface area contributed by atoms with E-state index in [1.807, 2.05) is 0 Å². The first-order valence-electron chi connectivity index (χ1n) is 4.12. The summed E-state index contributed by atoms with van der Waals surface area (Å²) in [5, 5.41) is 3.21. The van der Waals surface area contributed by atoms with Crippen molar-refractivity contribution < 1.29 is 4.39 Å². The lowest BCUT2D eigenvalue weighted by atomic mass is 9.99. The van der Waals surface area contributed by atoms with E-state index in [1.165, 1.54) is 6.20 Å². The van der Waals surface area contributed by atoms with Crippen LogP contribution in [0.1, 0.15) is 18.1 Å². The molecule has 1 atom stereocenters. The molecule has 0 saturated carbocycles. The second-order valence-electron chi connectivity index (χ2n) is 3.25. The van der Waals surface area contributed by atoms with Gasteiger partial charge in [-0.15, -0.1) is 0 Å². The first-order chi connectivity index (χ1) is 5.77. The smallest absolute Gasteiger partial charge is 0.146 e. The van der Waals surface area contributed by atoms with E-state index in [0.29, 0.717) is 12.6 Å². The van der Waals surface area contributed by atoms with Gasteiger partial charge in [0, 0.05) is 24.3 Å². The topological polar surface area (TPSA) is 24.9 Å². The largest absolute Gasteiger partial charge is 0.310 e. The van der Waals surface area contributed by atoms with Crippen molar-refractivity contribution in [3.63, 3.8) is 0 Å². The third-order valence-corrected chi connectivity index (χ3v) is 2.25. The van der Waals surface area contributed by atoms with Crippen LogP contribution in [-0.2, 0) is 13.0 Å². The van der Waals surface area contributed by atoms with Gasteiger partial charge in [0.15, 0.2) is 0 Å². The van der Waals surface area contributed by atoms with E-state index in [9.17, 15) is 4.39 Å². The summed E-state index contributed by atoms with van der Waals surface area (Å²) in [7, 11) is 0. The lowest BCUT2D eigenvalue weighted by Crippen LogP contribution is -2.33. The lowest BCUT2D eigenvalue weighted by molar-refractivity contribution is 0.486. The third-order valence-electron chi connectivity index (χ3n) is 2.25. The second kappa shape index (κ2) is 2.83. The van der Waals surface area contributed by atoms with Crippen molar-refractivity contribution in [1.29, 1.82) is 0 Å². The summed E-state index contributed by atoms with van der Waals surface area (Å²) in [6, 6.07) is 0.432. The van der Waals surface area contributed by atoms with Crippen LogP contribution in [0.15, 0.2) is 12.4 Å². The van der Waals surface area contributed by atoms with Gasteiger partial charge < -0.3 is 5.32 Å². The van der Waals surface area contributed by atoms with E-state index in [4.69, 9.17) is 0 Å². The predicted octanol–water partition coefficient (Wildman–Crippen LogP) is 1.25. The highest BCUT2D eigenvalue weighted by atomic mass is 19.1. The Morgan fingerprint density at radius 2 is 2.42 bits per heavy atom. The van der Waals surface area contributed by atoms with Gasteiger partial charge in [0.1, 0.15) is 5.82 Å². The van der Waals surface area contributed by atoms with Crippen molar-refractivity contribution in [2.24, 2.45) is 0 Å². The van der Waals surface area contributed by atoms with Crippen LogP contribution in [-0.4, -0.2) is 11.0 Å². The monoisotopic (exact) mass is 166 g/mol. The van der Waals surface area contributed by atoms with Gasteiger partial charge in [0.2, 0.25) is 0 Å². The molecule has 1 unspecified atom stereocenters. The van der Waals surface area contributed by atoms with Crippen molar-refractivity contribution in [2.75, 3.05) is 0 Å². The van der Waals surface area contributed by atoms with E-state index in [2.05, 4.69) is 17.2 Å². The highest BCUT2D eigenvalue weighted by Gasteiger charge is 2.17. The summed E-state index contributed by atoms with van der Waals surface area (Å²) < 4.78 is 13.1. The van der Waals surface area contributed by atoms with Crippen LogP contribution in [0.2, 0.25) is 0 Å². The van der Waals surface area contributed by atoms with E-state index < -0.39 is 0 Å². The van der Waals surface area contributed by atoms with Gasteiger partial charge in [-0.05, 0) is 18.9 Å². The Hall–Kier alpha value is -0.960. The van der Waals surface area contributed by atoms with E-state index in [0.717, 1.165) is 17.5 Å². The fourth-order valence-electron chi connectivity index (χ4n) is 1.55. The highest BCUT2D eigenvalue weighted by Crippen LogP contribution is 2.17. The summed E-state index contributed by atoms with van der Waals surface area (Å²) in [6.07, 6.45) is 3.91. The molecule has 0 amide bonds. The summed E-state index contributed by atoms with van der Waals surface area (Å²) in [5.41, 5.74) is 1.82. The molecule has 2 nitrogen and oxygen atoms in total. The first kappa shape index (κ1) is 7.68. The average molecular weight is 166 g/mol. The normalized spacial score (nSPS) is 22.0. The molecule has 0 saturated heterocycles. The molecule has 0 spiro atoms. The minimum atomic E-state index is -0.188. The molecule has 1 aliphatic rings. The predicted molar refractivity (Wildman–Crippen MR) is 44.2 cm³/mol. The van der Waals surface area contributed by atoms with Crippen LogP contribution >= 0.6 is 0 Å². The molecule has 3 heteroatoms. The molecule has 0 radical (unpaired) electrons. The van der Waals surface area contributed by atoms with E-state index in [1.54, 1.807) is 6.20 Å². The maximum atomic E-state index is 13.1. The van der Waals surface area contributed by atoms with Crippen LogP contribution in [0.4, 0.5) is 4.39 Å². The number of nitrogens with one attached hydrogen (secondary N) is 1. The first-order valence-corrected chi connectivity index (χ1v) is 4.12. The molecular formula is C9H11FN2. The number of nitrogens with zero attached hydrogens (tertiary/aromatic N) is 1. The van der Waals surface area contributed by atoms with Crippen LogP contribution in [0, 0.1) is 5.82 Å². The quantitative estimate of drug-likeness (QED) is 0.627. The van der Waals surface area contributed by atoms with Gasteiger partial charge in [-0.1, -0.05) is 0 Å². The lowest BCUT2D eigenvalue weighted by Gasteiger charge is -2.22. The van der Waals surface area contributed by atoms with Gasteiger partial charge in [0.05, 0.1) is 6.20 Å². The molecule has 64 valence electrons. The Morgan fingerprint density at radius 1 is 1.58 bits per heavy atom. The molecule has 1 aliphatic heterocycles. The van der Waals surface area contributed by atoms with E-state index in [-0.39, 0.29) is 5.82 Å². The zero-order chi connectivity index (χ0) is 8.55. The minimum Gasteiger partial charge on any atom is -0.310 e. The zero-order valence-electron chi connectivity index (χ0n) is 6.97. The molecule has 12 heavy (non-hydrogen) atoms. The summed E-state index contributed by atoms with van der Waals surface area (Å²) >= 11 is 0. The maximum Gasteiger partial charge on any atom is 0.146 e. The molecule has 0 fully saturated rings. The molecule has 0 aliphatic carbocycles. The van der Waals surface area contributed by atoms with Crippen molar-refractivity contribution >= 4 is 0 Å². The molecule has 1 N–H and O–H groups in total. The van der Waals surface area contributed by atoms with Gasteiger partial charge >= 0.3 is 0 Å². The van der Waals surface area contributed by atoms with Gasteiger partial charge in [0.25, 0.3) is 0 Å². The molecular weight excluding hydrogens is 155 g/mol. The Balaban J connectivity index is 2.42. The molecule has 1 aromatic rings. The van der Waals surface area contributed by atoms with Gasteiger partial charge in [-0.3, -0.25) is 4.98 Å². The fraction of sp³-hybridized carbons (Fsp3) is 0.444. The second-order valence-corrected chi connectivity index (χ2v) is 3.25. The molecule has 2 rings (SSSR count). The summed E-state index contributed by atoms with van der Waals surface area (Å²) in [4.78, 5) is 3.83. The number of hydrogen-bond donors (Lipinski definition) is 1. The Kier molecular flexibility index (Phi) is 1.81. The molecule has 0 aromatic carbocycles. The Labute approximate surface area is 70.8 Å². The minimum absolute atomic E-state index is 0.188. The highest BCUT2D eigenvalue weighted by molar-refractivity contribution is 5.27. The maximum absolute atomic E-state index is 13.1. The number of rotatable bonds is 0. The number of hydrogen-bond acceptors (Lipinski definition) is 2. The number of halogens is 1. The van der Waals surface area contributed by atoms with Crippen molar-refractivity contribution in [1.82, 2.24) is 10.3 Å². The van der Waals surface area contributed by atoms with Crippen LogP contribution in [0.25, 0.3) is 0 Å².